The number of piperidine rings is 1. The number of hydrogen-bond donors (Lipinski definition) is 2. The minimum atomic E-state index is -0.265. The minimum Gasteiger partial charge on any atom is -0.396 e. The van der Waals surface area contributed by atoms with E-state index in [1.807, 2.05) is 33.0 Å². The van der Waals surface area contributed by atoms with Gasteiger partial charge in [0.2, 0.25) is 0 Å². The molecule has 2 heterocycles. The van der Waals surface area contributed by atoms with Gasteiger partial charge >= 0.3 is 0 Å². The molecule has 1 aromatic heterocycles. The molecule has 0 atom stereocenters. The van der Waals surface area contributed by atoms with Crippen molar-refractivity contribution in [2.75, 3.05) is 19.7 Å². The maximum atomic E-state index is 9.62. The average Bonchev–Trinajstić information content (AvgIpc) is 3.21. The average molecular weight is 491 g/mol. The van der Waals surface area contributed by atoms with E-state index >= 15 is 0 Å². The van der Waals surface area contributed by atoms with Crippen LogP contribution in [0.1, 0.15) is 52.1 Å². The Morgan fingerprint density at radius 3 is 2.60 bits per heavy atom. The van der Waals surface area contributed by atoms with E-state index in [4.69, 9.17) is 0 Å². The van der Waals surface area contributed by atoms with E-state index < -0.39 is 0 Å². The van der Waals surface area contributed by atoms with Crippen LogP contribution < -0.4 is 15.2 Å². The number of nitrogens with one attached hydrogen (secondary N) is 1. The highest BCUT2D eigenvalue weighted by molar-refractivity contribution is 8.01. The Balaban J connectivity index is 1.82. The standard InChI is InChI=1S/C29H38N4OS/c1-6-25(33-15-8-7-9-16-33)19-23-10-11-24(18-22(23)2)28-13-12-26(32(28)5)20-27(21-30)35-31-29(3,4)14-17-34/h6,10-13,18-20,31,34H,2,7-9,14-17H2,1,3-5H3/b23-19-,25-6+,27-20+. The maximum Gasteiger partial charge on any atom is 0.108 e. The molecule has 1 aliphatic heterocycles. The summed E-state index contributed by atoms with van der Waals surface area (Å²) in [7, 11) is 2.01. The predicted octanol–water partition coefficient (Wildman–Crippen LogP) is 4.54. The number of nitriles is 1. The maximum absolute atomic E-state index is 9.62. The molecule has 2 N–H and O–H groups in total. The monoisotopic (exact) mass is 490 g/mol. The lowest BCUT2D eigenvalue weighted by Crippen LogP contribution is -2.35. The quantitative estimate of drug-likeness (QED) is 0.399. The molecule has 1 aromatic carbocycles. The first-order chi connectivity index (χ1) is 16.8. The number of benzene rings is 1. The predicted molar refractivity (Wildman–Crippen MR) is 149 cm³/mol. The van der Waals surface area contributed by atoms with E-state index in [2.05, 4.69) is 70.2 Å². The number of rotatable bonds is 9. The van der Waals surface area contributed by atoms with Gasteiger partial charge < -0.3 is 14.6 Å². The zero-order chi connectivity index (χ0) is 25.4. The van der Waals surface area contributed by atoms with Gasteiger partial charge in [-0.15, -0.1) is 0 Å². The second kappa shape index (κ2) is 12.3. The highest BCUT2D eigenvalue weighted by Crippen LogP contribution is 2.25. The third-order valence-corrected chi connectivity index (χ3v) is 7.57. The van der Waals surface area contributed by atoms with Gasteiger partial charge in [0.25, 0.3) is 0 Å². The number of hydrogen-bond acceptors (Lipinski definition) is 5. The summed E-state index contributed by atoms with van der Waals surface area (Å²) in [5.41, 5.74) is 4.13. The van der Waals surface area contributed by atoms with Crippen LogP contribution in [0.2, 0.25) is 0 Å². The van der Waals surface area contributed by atoms with Gasteiger partial charge in [-0.25, -0.2) is 0 Å². The largest absolute Gasteiger partial charge is 0.396 e. The summed E-state index contributed by atoms with van der Waals surface area (Å²) in [6.07, 6.45) is 10.8. The first-order valence-corrected chi connectivity index (χ1v) is 13.1. The summed E-state index contributed by atoms with van der Waals surface area (Å²) in [6.45, 7) is 12.8. The van der Waals surface area contributed by atoms with Crippen LogP contribution in [0.15, 0.2) is 47.0 Å². The van der Waals surface area contributed by atoms with Gasteiger partial charge in [-0.1, -0.05) is 24.8 Å². The van der Waals surface area contributed by atoms with Crippen LogP contribution in [0.3, 0.4) is 0 Å². The molecule has 0 unspecified atom stereocenters. The van der Waals surface area contributed by atoms with Crippen LogP contribution in [-0.2, 0) is 7.05 Å². The molecule has 35 heavy (non-hydrogen) atoms. The number of allylic oxidation sites excluding steroid dienone is 3. The van der Waals surface area contributed by atoms with E-state index in [0.29, 0.717) is 11.3 Å². The van der Waals surface area contributed by atoms with E-state index in [0.717, 1.165) is 40.5 Å². The molecule has 1 aliphatic rings. The van der Waals surface area contributed by atoms with Gasteiger partial charge in [0.05, 0.1) is 0 Å². The number of aliphatic hydroxyl groups excluding tert-OH is 1. The summed E-state index contributed by atoms with van der Waals surface area (Å²) in [5.74, 6) is 0. The number of likely N-dealkylation sites (tertiary alicyclic amines) is 1. The van der Waals surface area contributed by atoms with Gasteiger partial charge in [-0.2, -0.15) is 5.26 Å². The summed E-state index contributed by atoms with van der Waals surface area (Å²) < 4.78 is 5.38. The van der Waals surface area contributed by atoms with Crippen molar-refractivity contribution in [2.24, 2.45) is 7.05 Å². The zero-order valence-corrected chi connectivity index (χ0v) is 22.3. The van der Waals surface area contributed by atoms with Crippen LogP contribution in [0, 0.1) is 11.3 Å². The SMILES string of the molecule is C=c1cc(-c2ccc(/C=C(\C#N)SNC(C)(C)CCO)n2C)cc/c1=C/C(=C\C)N1CCCCC1. The van der Waals surface area contributed by atoms with Crippen molar-refractivity contribution in [3.63, 3.8) is 0 Å². The normalized spacial score (nSPS) is 16.0. The van der Waals surface area contributed by atoms with Gasteiger partial charge in [0, 0.05) is 49.4 Å². The Hall–Kier alpha value is -2.72. The molecule has 1 fully saturated rings. The summed E-state index contributed by atoms with van der Waals surface area (Å²) in [6, 6.07) is 12.8. The Morgan fingerprint density at radius 2 is 1.97 bits per heavy atom. The Kier molecular flexibility index (Phi) is 9.45. The fourth-order valence-corrected chi connectivity index (χ4v) is 4.99. The van der Waals surface area contributed by atoms with Crippen molar-refractivity contribution in [3.8, 4) is 17.3 Å². The lowest BCUT2D eigenvalue weighted by molar-refractivity contribution is 0.248. The fourth-order valence-electron chi connectivity index (χ4n) is 4.28. The second-order valence-electron chi connectivity index (χ2n) is 9.70. The Bertz CT molecular complexity index is 1230. The van der Waals surface area contributed by atoms with Gasteiger partial charge in [-0.3, -0.25) is 4.72 Å². The molecule has 2 aromatic rings. The third-order valence-electron chi connectivity index (χ3n) is 6.48. The lowest BCUT2D eigenvalue weighted by atomic mass is 10.0. The Labute approximate surface area is 214 Å². The molecule has 0 spiro atoms. The van der Waals surface area contributed by atoms with Crippen molar-refractivity contribution >= 4 is 30.7 Å². The molecule has 0 bridgehead atoms. The van der Waals surface area contributed by atoms with Crippen molar-refractivity contribution in [3.05, 3.63) is 63.1 Å². The first-order valence-electron chi connectivity index (χ1n) is 12.3. The van der Waals surface area contributed by atoms with Crippen molar-refractivity contribution < 1.29 is 5.11 Å². The van der Waals surface area contributed by atoms with Crippen LogP contribution in [0.5, 0.6) is 0 Å². The van der Waals surface area contributed by atoms with Crippen molar-refractivity contribution in [2.45, 2.75) is 52.0 Å². The smallest absolute Gasteiger partial charge is 0.108 e. The highest BCUT2D eigenvalue weighted by atomic mass is 32.2. The van der Waals surface area contributed by atoms with Crippen molar-refractivity contribution in [1.82, 2.24) is 14.2 Å². The van der Waals surface area contributed by atoms with Gasteiger partial charge in [0.15, 0.2) is 0 Å². The molecular formula is C29H38N4OS. The number of aliphatic hydroxyl groups is 1. The molecule has 0 saturated carbocycles. The van der Waals surface area contributed by atoms with Gasteiger partial charge in [-0.05, 0) is 105 Å². The van der Waals surface area contributed by atoms with E-state index in [1.54, 1.807) is 0 Å². The van der Waals surface area contributed by atoms with Crippen LogP contribution in [0.4, 0.5) is 0 Å². The molecular weight excluding hydrogens is 452 g/mol. The minimum absolute atomic E-state index is 0.104. The van der Waals surface area contributed by atoms with E-state index in [9.17, 15) is 10.4 Å². The topological polar surface area (TPSA) is 64.2 Å². The molecule has 0 radical (unpaired) electrons. The van der Waals surface area contributed by atoms with Crippen LogP contribution in [0.25, 0.3) is 30.0 Å². The molecule has 186 valence electrons. The molecule has 6 heteroatoms. The summed E-state index contributed by atoms with van der Waals surface area (Å²) in [4.78, 5) is 3.04. The third kappa shape index (κ3) is 7.14. The van der Waals surface area contributed by atoms with Crippen molar-refractivity contribution in [1.29, 1.82) is 5.26 Å². The summed E-state index contributed by atoms with van der Waals surface area (Å²) in [5, 5.41) is 21.0. The molecule has 1 saturated heterocycles. The van der Waals surface area contributed by atoms with E-state index in [-0.39, 0.29) is 12.1 Å². The Morgan fingerprint density at radius 1 is 1.23 bits per heavy atom. The van der Waals surface area contributed by atoms with E-state index in [1.165, 1.54) is 36.9 Å². The van der Waals surface area contributed by atoms with Gasteiger partial charge in [0.1, 0.15) is 11.0 Å². The summed E-state index contributed by atoms with van der Waals surface area (Å²) >= 11 is 1.30. The van der Waals surface area contributed by atoms with Crippen LogP contribution >= 0.6 is 11.9 Å². The van der Waals surface area contributed by atoms with Crippen LogP contribution in [-0.4, -0.2) is 39.8 Å². The zero-order valence-electron chi connectivity index (χ0n) is 21.5. The molecule has 0 amide bonds. The molecule has 5 nitrogen and oxygen atoms in total. The fraction of sp³-hybridized carbons (Fsp3) is 0.414. The highest BCUT2D eigenvalue weighted by Gasteiger charge is 2.17. The molecule has 3 rings (SSSR count). The lowest BCUT2D eigenvalue weighted by Gasteiger charge is -2.29. The number of nitrogens with zero attached hydrogens (tertiary/aromatic N) is 3. The second-order valence-corrected chi connectivity index (χ2v) is 10.6. The first kappa shape index (κ1) is 26.9. The molecule has 0 aliphatic carbocycles. The number of aromatic nitrogens is 1.